The number of hydrogen-bond donors (Lipinski definition) is 1. The molecule has 8 heteroatoms. The second-order valence-corrected chi connectivity index (χ2v) is 4.61. The molecule has 0 aliphatic rings. The molecule has 0 saturated carbocycles. The average Bonchev–Trinajstić information content (AvgIpc) is 2.42. The first kappa shape index (κ1) is 17.9. The second-order valence-electron chi connectivity index (χ2n) is 4.20. The normalized spacial score (nSPS) is 13.1. The van der Waals surface area contributed by atoms with Crippen LogP contribution in [0.25, 0.3) is 0 Å². The van der Waals surface area contributed by atoms with Crippen molar-refractivity contribution in [2.75, 3.05) is 34.5 Å². The highest BCUT2D eigenvalue weighted by molar-refractivity contribution is 6.31. The van der Waals surface area contributed by atoms with Gasteiger partial charge in [0, 0.05) is 11.1 Å². The van der Waals surface area contributed by atoms with E-state index in [0.29, 0.717) is 22.1 Å². The third-order valence-corrected chi connectivity index (χ3v) is 3.10. The molecule has 120 valence electrons. The zero-order valence-corrected chi connectivity index (χ0v) is 12.6. The maximum Gasteiger partial charge on any atom is 0.411 e. The van der Waals surface area contributed by atoms with E-state index in [4.69, 9.17) is 21.1 Å². The molecule has 0 spiro atoms. The number of rotatable bonds is 7. The van der Waals surface area contributed by atoms with E-state index in [0.717, 1.165) is 0 Å². The average molecular weight is 328 g/mol. The molecule has 0 fully saturated rings. The van der Waals surface area contributed by atoms with Gasteiger partial charge in [0.1, 0.15) is 6.61 Å². The molecule has 0 aromatic heterocycles. The van der Waals surface area contributed by atoms with Crippen molar-refractivity contribution >= 4 is 11.6 Å². The predicted octanol–water partition coefficient (Wildman–Crippen LogP) is 3.20. The van der Waals surface area contributed by atoms with Crippen LogP contribution in [0, 0.1) is 0 Å². The van der Waals surface area contributed by atoms with Crippen molar-refractivity contribution in [1.82, 2.24) is 5.32 Å². The Kier molecular flexibility index (Phi) is 6.57. The molecular formula is C13H17ClF3NO3. The second kappa shape index (κ2) is 7.72. The number of benzene rings is 1. The number of halogens is 4. The van der Waals surface area contributed by atoms with Crippen molar-refractivity contribution < 1.29 is 27.4 Å². The summed E-state index contributed by atoms with van der Waals surface area (Å²) in [7, 11) is 4.54. The third kappa shape index (κ3) is 5.26. The molecule has 1 unspecified atom stereocenters. The number of alkyl halides is 3. The number of ether oxygens (including phenoxy) is 3. The summed E-state index contributed by atoms with van der Waals surface area (Å²) in [6, 6.07) is 2.66. The molecule has 4 nitrogen and oxygen atoms in total. The molecule has 0 amide bonds. The first-order chi connectivity index (χ1) is 9.82. The van der Waals surface area contributed by atoms with Gasteiger partial charge in [0.15, 0.2) is 11.5 Å². The Morgan fingerprint density at radius 2 is 1.76 bits per heavy atom. The van der Waals surface area contributed by atoms with Gasteiger partial charge in [-0.05, 0) is 18.7 Å². The molecule has 1 N–H and O–H groups in total. The topological polar surface area (TPSA) is 39.7 Å². The van der Waals surface area contributed by atoms with E-state index in [2.05, 4.69) is 10.1 Å². The van der Waals surface area contributed by atoms with Crippen LogP contribution in [0.2, 0.25) is 5.02 Å². The van der Waals surface area contributed by atoms with Gasteiger partial charge < -0.3 is 19.5 Å². The van der Waals surface area contributed by atoms with Gasteiger partial charge in [-0.1, -0.05) is 11.6 Å². The Labute approximate surface area is 126 Å². The van der Waals surface area contributed by atoms with E-state index in [1.807, 2.05) is 0 Å². The standard InChI is InChI=1S/C13H17ClF3NO3/c1-18-10(6-21-7-13(15,16)17)8-4-11(19-2)12(20-3)5-9(8)14/h4-5,10,18H,6-7H2,1-3H3. The smallest absolute Gasteiger partial charge is 0.411 e. The van der Waals surface area contributed by atoms with Gasteiger partial charge in [0.05, 0.1) is 26.9 Å². The highest BCUT2D eigenvalue weighted by Gasteiger charge is 2.28. The highest BCUT2D eigenvalue weighted by atomic mass is 35.5. The highest BCUT2D eigenvalue weighted by Crippen LogP contribution is 2.36. The maximum atomic E-state index is 12.1. The summed E-state index contributed by atoms with van der Waals surface area (Å²) >= 11 is 6.13. The molecule has 1 atom stereocenters. The third-order valence-electron chi connectivity index (χ3n) is 2.78. The summed E-state index contributed by atoms with van der Waals surface area (Å²) < 4.78 is 51.2. The lowest BCUT2D eigenvalue weighted by atomic mass is 10.1. The minimum Gasteiger partial charge on any atom is -0.493 e. The Hall–Kier alpha value is -1.18. The van der Waals surface area contributed by atoms with Crippen molar-refractivity contribution in [3.05, 3.63) is 22.7 Å². The molecular weight excluding hydrogens is 311 g/mol. The molecule has 0 aliphatic carbocycles. The summed E-state index contributed by atoms with van der Waals surface area (Å²) in [6.45, 7) is -1.48. The summed E-state index contributed by atoms with van der Waals surface area (Å²) in [5, 5.41) is 3.21. The Morgan fingerprint density at radius 1 is 1.19 bits per heavy atom. The van der Waals surface area contributed by atoms with Gasteiger partial charge in [-0.15, -0.1) is 0 Å². The van der Waals surface area contributed by atoms with Crippen LogP contribution < -0.4 is 14.8 Å². The zero-order chi connectivity index (χ0) is 16.0. The van der Waals surface area contributed by atoms with Gasteiger partial charge in [-0.25, -0.2) is 0 Å². The number of likely N-dealkylation sites (N-methyl/N-ethyl adjacent to an activating group) is 1. The van der Waals surface area contributed by atoms with Crippen LogP contribution >= 0.6 is 11.6 Å². The molecule has 1 aromatic rings. The van der Waals surface area contributed by atoms with Crippen LogP contribution in [0.1, 0.15) is 11.6 Å². The fourth-order valence-corrected chi connectivity index (χ4v) is 2.04. The molecule has 1 rings (SSSR count). The number of hydrogen-bond acceptors (Lipinski definition) is 4. The van der Waals surface area contributed by atoms with Crippen LogP contribution in [0.3, 0.4) is 0 Å². The lowest BCUT2D eigenvalue weighted by molar-refractivity contribution is -0.175. The van der Waals surface area contributed by atoms with Crippen LogP contribution in [-0.2, 0) is 4.74 Å². The van der Waals surface area contributed by atoms with Gasteiger partial charge in [-0.3, -0.25) is 0 Å². The fraction of sp³-hybridized carbons (Fsp3) is 0.538. The van der Waals surface area contributed by atoms with Crippen molar-refractivity contribution in [2.45, 2.75) is 12.2 Å². The Balaban J connectivity index is 2.89. The van der Waals surface area contributed by atoms with Crippen molar-refractivity contribution in [1.29, 1.82) is 0 Å². The van der Waals surface area contributed by atoms with Gasteiger partial charge >= 0.3 is 6.18 Å². The Morgan fingerprint density at radius 3 is 2.24 bits per heavy atom. The maximum absolute atomic E-state index is 12.1. The zero-order valence-electron chi connectivity index (χ0n) is 11.9. The van der Waals surface area contributed by atoms with Crippen molar-refractivity contribution in [3.63, 3.8) is 0 Å². The minimum absolute atomic E-state index is 0.175. The lowest BCUT2D eigenvalue weighted by Crippen LogP contribution is -2.26. The summed E-state index contributed by atoms with van der Waals surface area (Å²) in [5.74, 6) is 0.880. The molecule has 0 heterocycles. The van der Waals surface area contributed by atoms with E-state index in [1.54, 1.807) is 19.2 Å². The largest absolute Gasteiger partial charge is 0.493 e. The summed E-state index contributed by atoms with van der Waals surface area (Å²) in [6.07, 6.45) is -4.36. The molecule has 0 bridgehead atoms. The summed E-state index contributed by atoms with van der Waals surface area (Å²) in [5.41, 5.74) is 0.569. The van der Waals surface area contributed by atoms with Crippen LogP contribution in [0.4, 0.5) is 13.2 Å². The summed E-state index contributed by atoms with van der Waals surface area (Å²) in [4.78, 5) is 0. The molecule has 0 radical (unpaired) electrons. The van der Waals surface area contributed by atoms with E-state index >= 15 is 0 Å². The van der Waals surface area contributed by atoms with Crippen LogP contribution in [0.5, 0.6) is 11.5 Å². The monoisotopic (exact) mass is 327 g/mol. The van der Waals surface area contributed by atoms with E-state index in [-0.39, 0.29) is 6.61 Å². The van der Waals surface area contributed by atoms with Gasteiger partial charge in [0.25, 0.3) is 0 Å². The van der Waals surface area contributed by atoms with E-state index in [9.17, 15) is 13.2 Å². The van der Waals surface area contributed by atoms with Crippen molar-refractivity contribution in [3.8, 4) is 11.5 Å². The quantitative estimate of drug-likeness (QED) is 0.835. The first-order valence-corrected chi connectivity index (χ1v) is 6.43. The molecule has 21 heavy (non-hydrogen) atoms. The van der Waals surface area contributed by atoms with Crippen LogP contribution in [-0.4, -0.2) is 40.7 Å². The molecule has 0 saturated heterocycles. The first-order valence-electron chi connectivity index (χ1n) is 6.05. The van der Waals surface area contributed by atoms with Gasteiger partial charge in [0.2, 0.25) is 0 Å². The number of nitrogens with one attached hydrogen (secondary N) is 1. The lowest BCUT2D eigenvalue weighted by Gasteiger charge is -2.20. The van der Waals surface area contributed by atoms with E-state index in [1.165, 1.54) is 14.2 Å². The molecule has 1 aromatic carbocycles. The SMILES string of the molecule is CNC(COCC(F)(F)F)c1cc(OC)c(OC)cc1Cl. The minimum atomic E-state index is -4.36. The molecule has 0 aliphatic heterocycles. The Bertz CT molecular complexity index is 469. The fourth-order valence-electron chi connectivity index (χ4n) is 1.76. The van der Waals surface area contributed by atoms with Gasteiger partial charge in [-0.2, -0.15) is 13.2 Å². The van der Waals surface area contributed by atoms with Crippen LogP contribution in [0.15, 0.2) is 12.1 Å². The van der Waals surface area contributed by atoms with Crippen molar-refractivity contribution in [2.24, 2.45) is 0 Å². The predicted molar refractivity (Wildman–Crippen MR) is 73.2 cm³/mol. The number of methoxy groups -OCH3 is 2. The van der Waals surface area contributed by atoms with E-state index < -0.39 is 18.8 Å².